The summed E-state index contributed by atoms with van der Waals surface area (Å²) in [5.41, 5.74) is 4.07. The smallest absolute Gasteiger partial charge is 0.0406 e. The van der Waals surface area contributed by atoms with Crippen LogP contribution < -0.4 is 0 Å². The Hall–Kier alpha value is -0.570. The summed E-state index contributed by atoms with van der Waals surface area (Å²) in [7, 11) is 0. The molecule has 0 radical (unpaired) electrons. The van der Waals surface area contributed by atoms with Gasteiger partial charge in [-0.05, 0) is 61.1 Å². The Morgan fingerprint density at radius 2 is 1.32 bits per heavy atom. The average molecular weight is 443 g/mol. The van der Waals surface area contributed by atoms with Crippen molar-refractivity contribution in [1.82, 2.24) is 0 Å². The van der Waals surface area contributed by atoms with Gasteiger partial charge in [0.05, 0.1) is 0 Å². The highest BCUT2D eigenvalue weighted by atomic mass is 79.9. The second kappa shape index (κ2) is 8.90. The summed E-state index contributed by atoms with van der Waals surface area (Å²) in [5.74, 6) is 1.05. The zero-order valence-corrected chi connectivity index (χ0v) is 16.5. The molecular weight excluding hydrogens is 423 g/mol. The fraction of sp³-hybridized carbons (Fsp3) is 0.263. The first-order valence-electron chi connectivity index (χ1n) is 7.30. The van der Waals surface area contributed by atoms with E-state index in [0.29, 0.717) is 11.8 Å². The van der Waals surface area contributed by atoms with Crippen LogP contribution in [0.25, 0.3) is 0 Å². The molecule has 0 nitrogen and oxygen atoms in total. The summed E-state index contributed by atoms with van der Waals surface area (Å²) in [6.07, 6.45) is 4.19. The van der Waals surface area contributed by atoms with Crippen molar-refractivity contribution in [3.05, 3.63) is 80.3 Å². The molecule has 2 rings (SSSR count). The Labute approximate surface area is 154 Å². The molecule has 116 valence electrons. The lowest BCUT2D eigenvalue weighted by Gasteiger charge is -2.18. The van der Waals surface area contributed by atoms with Crippen LogP contribution in [0, 0.1) is 5.92 Å². The molecule has 0 bridgehead atoms. The van der Waals surface area contributed by atoms with Crippen molar-refractivity contribution in [2.45, 2.75) is 19.8 Å². The molecule has 2 aromatic carbocycles. The van der Waals surface area contributed by atoms with Crippen LogP contribution >= 0.6 is 43.5 Å². The Balaban J connectivity index is 2.17. The first-order valence-corrected chi connectivity index (χ1v) is 9.42. The van der Waals surface area contributed by atoms with E-state index in [0.717, 1.165) is 21.8 Å². The Bertz CT molecular complexity index is 567. The summed E-state index contributed by atoms with van der Waals surface area (Å²) in [6, 6.07) is 17.2. The lowest BCUT2D eigenvalue weighted by atomic mass is 9.87. The second-order valence-corrected chi connectivity index (χ2v) is 7.60. The highest BCUT2D eigenvalue weighted by Crippen LogP contribution is 2.24. The standard InChI is InChI=1S/C19H19Br2Cl/c1-14(10-11-22)17(12-15-2-6-18(20)7-3-15)13-16-4-8-19(21)9-5-16/h2-10,17H,11-13H2,1H3. The van der Waals surface area contributed by atoms with Gasteiger partial charge in [-0.15, -0.1) is 11.6 Å². The van der Waals surface area contributed by atoms with E-state index in [1.807, 2.05) is 0 Å². The fourth-order valence-electron chi connectivity index (χ4n) is 2.49. The van der Waals surface area contributed by atoms with Crippen LogP contribution in [0.4, 0.5) is 0 Å². The maximum Gasteiger partial charge on any atom is 0.0406 e. The number of alkyl halides is 1. The van der Waals surface area contributed by atoms with Gasteiger partial charge in [-0.1, -0.05) is 67.8 Å². The van der Waals surface area contributed by atoms with Crippen LogP contribution in [0.15, 0.2) is 69.1 Å². The molecule has 0 atom stereocenters. The van der Waals surface area contributed by atoms with Crippen molar-refractivity contribution < 1.29 is 0 Å². The summed E-state index contributed by atoms with van der Waals surface area (Å²) in [5, 5.41) is 0. The molecule has 0 aliphatic carbocycles. The van der Waals surface area contributed by atoms with Crippen molar-refractivity contribution in [2.24, 2.45) is 5.92 Å². The molecule has 0 aliphatic rings. The Morgan fingerprint density at radius 3 is 1.68 bits per heavy atom. The minimum atomic E-state index is 0.473. The minimum Gasteiger partial charge on any atom is -0.122 e. The maximum atomic E-state index is 5.90. The van der Waals surface area contributed by atoms with Crippen LogP contribution in [-0.4, -0.2) is 5.88 Å². The molecule has 0 spiro atoms. The van der Waals surface area contributed by atoms with Crippen molar-refractivity contribution in [3.8, 4) is 0 Å². The predicted octanol–water partition coefficient (Wildman–Crippen LogP) is 6.80. The topological polar surface area (TPSA) is 0 Å². The van der Waals surface area contributed by atoms with Gasteiger partial charge in [-0.2, -0.15) is 0 Å². The van der Waals surface area contributed by atoms with E-state index in [1.54, 1.807) is 0 Å². The van der Waals surface area contributed by atoms with Crippen LogP contribution in [-0.2, 0) is 12.8 Å². The van der Waals surface area contributed by atoms with Gasteiger partial charge >= 0.3 is 0 Å². The number of rotatable bonds is 6. The van der Waals surface area contributed by atoms with E-state index < -0.39 is 0 Å². The molecular formula is C19H19Br2Cl. The van der Waals surface area contributed by atoms with Crippen LogP contribution in [0.2, 0.25) is 0 Å². The third-order valence-corrected chi connectivity index (χ3v) is 5.05. The van der Waals surface area contributed by atoms with E-state index in [9.17, 15) is 0 Å². The number of hydrogen-bond acceptors (Lipinski definition) is 0. The molecule has 0 saturated carbocycles. The zero-order valence-electron chi connectivity index (χ0n) is 12.5. The molecule has 0 aliphatic heterocycles. The van der Waals surface area contributed by atoms with Gasteiger partial charge < -0.3 is 0 Å². The number of allylic oxidation sites excluding steroid dienone is 2. The molecule has 22 heavy (non-hydrogen) atoms. The largest absolute Gasteiger partial charge is 0.122 e. The Morgan fingerprint density at radius 1 is 0.909 bits per heavy atom. The lowest BCUT2D eigenvalue weighted by Crippen LogP contribution is -2.10. The van der Waals surface area contributed by atoms with Crippen molar-refractivity contribution >= 4 is 43.5 Å². The summed E-state index contributed by atoms with van der Waals surface area (Å²) >= 11 is 12.9. The zero-order chi connectivity index (χ0) is 15.9. The van der Waals surface area contributed by atoms with Crippen molar-refractivity contribution in [3.63, 3.8) is 0 Å². The van der Waals surface area contributed by atoms with Gasteiger partial charge in [-0.3, -0.25) is 0 Å². The third kappa shape index (κ3) is 5.57. The maximum absolute atomic E-state index is 5.90. The molecule has 0 unspecified atom stereocenters. The first-order chi connectivity index (χ1) is 10.6. The highest BCUT2D eigenvalue weighted by molar-refractivity contribution is 9.10. The van der Waals surface area contributed by atoms with Gasteiger partial charge in [0.15, 0.2) is 0 Å². The van der Waals surface area contributed by atoms with Crippen LogP contribution in [0.1, 0.15) is 18.1 Å². The number of benzene rings is 2. The first kappa shape index (κ1) is 17.8. The fourth-order valence-corrected chi connectivity index (χ4v) is 3.26. The molecule has 0 amide bonds. The third-order valence-electron chi connectivity index (χ3n) is 3.83. The second-order valence-electron chi connectivity index (χ2n) is 5.46. The molecule has 3 heteroatoms. The van der Waals surface area contributed by atoms with E-state index in [-0.39, 0.29) is 0 Å². The van der Waals surface area contributed by atoms with Gasteiger partial charge in [0.25, 0.3) is 0 Å². The summed E-state index contributed by atoms with van der Waals surface area (Å²) in [4.78, 5) is 0. The van der Waals surface area contributed by atoms with E-state index >= 15 is 0 Å². The highest BCUT2D eigenvalue weighted by Gasteiger charge is 2.13. The normalized spacial score (nSPS) is 12.0. The molecule has 0 N–H and O–H groups in total. The SMILES string of the molecule is CC(=CCCl)C(Cc1ccc(Br)cc1)Cc1ccc(Br)cc1. The molecule has 0 heterocycles. The average Bonchev–Trinajstić information content (AvgIpc) is 2.51. The molecule has 0 fully saturated rings. The molecule has 2 aromatic rings. The van der Waals surface area contributed by atoms with Crippen LogP contribution in [0.5, 0.6) is 0 Å². The van der Waals surface area contributed by atoms with Gasteiger partial charge in [0.1, 0.15) is 0 Å². The summed E-state index contributed by atoms with van der Waals surface area (Å²) in [6.45, 7) is 2.19. The number of halogens is 3. The van der Waals surface area contributed by atoms with Gasteiger partial charge in [0.2, 0.25) is 0 Å². The van der Waals surface area contributed by atoms with Crippen LogP contribution in [0.3, 0.4) is 0 Å². The molecule has 0 aromatic heterocycles. The molecule has 0 saturated heterocycles. The quantitative estimate of drug-likeness (QED) is 0.341. The summed E-state index contributed by atoms with van der Waals surface area (Å²) < 4.78 is 2.24. The van der Waals surface area contributed by atoms with E-state index in [4.69, 9.17) is 11.6 Å². The Kier molecular flexibility index (Phi) is 7.20. The lowest BCUT2D eigenvalue weighted by molar-refractivity contribution is 0.605. The minimum absolute atomic E-state index is 0.473. The predicted molar refractivity (Wildman–Crippen MR) is 104 cm³/mol. The van der Waals surface area contributed by atoms with Crippen molar-refractivity contribution in [1.29, 1.82) is 0 Å². The van der Waals surface area contributed by atoms with Gasteiger partial charge in [0, 0.05) is 14.8 Å². The number of hydrogen-bond donors (Lipinski definition) is 0. The van der Waals surface area contributed by atoms with Gasteiger partial charge in [-0.25, -0.2) is 0 Å². The van der Waals surface area contributed by atoms with E-state index in [2.05, 4.69) is 93.4 Å². The van der Waals surface area contributed by atoms with E-state index in [1.165, 1.54) is 16.7 Å². The van der Waals surface area contributed by atoms with Crippen molar-refractivity contribution in [2.75, 3.05) is 5.88 Å². The monoisotopic (exact) mass is 440 g/mol.